The van der Waals surface area contributed by atoms with Crippen LogP contribution in [0.4, 0.5) is 5.69 Å². The van der Waals surface area contributed by atoms with E-state index in [1.165, 1.54) is 6.08 Å². The summed E-state index contributed by atoms with van der Waals surface area (Å²) in [4.78, 5) is 29.8. The van der Waals surface area contributed by atoms with Gasteiger partial charge >= 0.3 is 5.97 Å². The molecule has 2 heterocycles. The Hall–Kier alpha value is -2.70. The number of likely N-dealkylation sites (tertiary alicyclic amines) is 1. The van der Waals surface area contributed by atoms with Gasteiger partial charge in [-0.3, -0.25) is 9.78 Å². The molecule has 7 heteroatoms. The monoisotopic (exact) mass is 385 g/mol. The minimum Gasteiger partial charge on any atom is -0.478 e. The normalized spacial score (nSPS) is 20.1. The van der Waals surface area contributed by atoms with Crippen LogP contribution in [0.3, 0.4) is 0 Å². The van der Waals surface area contributed by atoms with Gasteiger partial charge in [0.2, 0.25) is 5.91 Å². The average Bonchev–Trinajstić information content (AvgIpc) is 3.04. The molecule has 0 bridgehead atoms. The van der Waals surface area contributed by atoms with Gasteiger partial charge in [-0.15, -0.1) is 0 Å². The van der Waals surface area contributed by atoms with Gasteiger partial charge < -0.3 is 15.3 Å². The van der Waals surface area contributed by atoms with Crippen LogP contribution in [-0.2, 0) is 9.59 Å². The maximum absolute atomic E-state index is 12.8. The number of nitrogens with one attached hydrogen (secondary N) is 1. The highest BCUT2D eigenvalue weighted by Gasteiger charge is 2.37. The van der Waals surface area contributed by atoms with Gasteiger partial charge in [-0.05, 0) is 49.0 Å². The molecule has 27 heavy (non-hydrogen) atoms. The number of carbonyl (C=O) groups excluding carboxylic acids is 1. The van der Waals surface area contributed by atoms with Gasteiger partial charge in [0, 0.05) is 42.0 Å². The highest BCUT2D eigenvalue weighted by Crippen LogP contribution is 2.32. The molecule has 1 saturated heterocycles. The Morgan fingerprint density at radius 2 is 1.96 bits per heavy atom. The van der Waals surface area contributed by atoms with Gasteiger partial charge in [0.1, 0.15) is 0 Å². The van der Waals surface area contributed by atoms with E-state index in [2.05, 4.69) is 15.2 Å². The molecular formula is C20H20ClN3O3. The van der Waals surface area contributed by atoms with Crippen LogP contribution in [0.5, 0.6) is 0 Å². The largest absolute Gasteiger partial charge is 0.478 e. The van der Waals surface area contributed by atoms with Gasteiger partial charge in [-0.1, -0.05) is 17.7 Å². The fraction of sp³-hybridized carbons (Fsp3) is 0.250. The number of nitrogens with zero attached hydrogens (tertiary/aromatic N) is 2. The van der Waals surface area contributed by atoms with E-state index in [0.29, 0.717) is 22.9 Å². The topological polar surface area (TPSA) is 82.5 Å². The molecule has 2 N–H and O–H groups in total. The minimum atomic E-state index is -1.02. The van der Waals surface area contributed by atoms with Crippen molar-refractivity contribution in [1.82, 2.24) is 9.88 Å². The number of hydrogen-bond donors (Lipinski definition) is 2. The summed E-state index contributed by atoms with van der Waals surface area (Å²) in [5.74, 6) is -1.24. The number of amides is 1. The Balaban J connectivity index is 1.74. The maximum Gasteiger partial charge on any atom is 0.328 e. The first-order chi connectivity index (χ1) is 12.9. The zero-order valence-corrected chi connectivity index (χ0v) is 15.6. The molecule has 1 aliphatic rings. The van der Waals surface area contributed by atoms with E-state index in [-0.39, 0.29) is 17.7 Å². The number of aromatic nitrogens is 1. The SMILES string of the molecule is CN1CC(C(=O)Nc2ccc(Cl)cc2)C(c2ccc(C=CC(=O)O)nc2)C1. The first-order valence-electron chi connectivity index (χ1n) is 8.54. The van der Waals surface area contributed by atoms with E-state index in [1.807, 2.05) is 13.1 Å². The number of aliphatic carboxylic acids is 1. The van der Waals surface area contributed by atoms with Gasteiger partial charge in [0.05, 0.1) is 11.6 Å². The molecule has 1 aromatic carbocycles. The molecule has 140 valence electrons. The molecule has 0 saturated carbocycles. The molecule has 6 nitrogen and oxygen atoms in total. The zero-order valence-electron chi connectivity index (χ0n) is 14.8. The lowest BCUT2D eigenvalue weighted by Crippen LogP contribution is -2.28. The molecular weight excluding hydrogens is 366 g/mol. The van der Waals surface area contributed by atoms with Crippen LogP contribution >= 0.6 is 11.6 Å². The predicted molar refractivity (Wildman–Crippen MR) is 105 cm³/mol. The van der Waals surface area contributed by atoms with Crippen LogP contribution in [0.25, 0.3) is 6.08 Å². The molecule has 3 rings (SSSR count). The van der Waals surface area contributed by atoms with Crippen LogP contribution in [-0.4, -0.2) is 47.0 Å². The number of carboxylic acid groups (broad SMARTS) is 1. The molecule has 2 unspecified atom stereocenters. The third-order valence-corrected chi connectivity index (χ3v) is 4.84. The van der Waals surface area contributed by atoms with Crippen LogP contribution in [0.15, 0.2) is 48.7 Å². The van der Waals surface area contributed by atoms with Crippen molar-refractivity contribution in [3.05, 3.63) is 65.0 Å². The van der Waals surface area contributed by atoms with Crippen LogP contribution in [0, 0.1) is 5.92 Å². The Morgan fingerprint density at radius 3 is 2.59 bits per heavy atom. The lowest BCUT2D eigenvalue weighted by atomic mass is 9.89. The molecule has 0 aliphatic carbocycles. The summed E-state index contributed by atoms with van der Waals surface area (Å²) in [5.41, 5.74) is 2.24. The zero-order chi connectivity index (χ0) is 19.4. The number of benzene rings is 1. The van der Waals surface area contributed by atoms with Crippen molar-refractivity contribution < 1.29 is 14.7 Å². The molecule has 1 amide bonds. The highest BCUT2D eigenvalue weighted by molar-refractivity contribution is 6.30. The third kappa shape index (κ3) is 4.93. The average molecular weight is 386 g/mol. The van der Waals surface area contributed by atoms with Crippen LogP contribution in [0.1, 0.15) is 17.2 Å². The predicted octanol–water partition coefficient (Wildman–Crippen LogP) is 3.12. The van der Waals surface area contributed by atoms with Gasteiger partial charge in [-0.2, -0.15) is 0 Å². The number of anilines is 1. The van der Waals surface area contributed by atoms with E-state index < -0.39 is 5.97 Å². The quantitative estimate of drug-likeness (QED) is 0.773. The summed E-state index contributed by atoms with van der Waals surface area (Å²) in [6.45, 7) is 1.41. The fourth-order valence-electron chi connectivity index (χ4n) is 3.26. The second-order valence-electron chi connectivity index (χ2n) is 6.62. The number of rotatable bonds is 5. The fourth-order valence-corrected chi connectivity index (χ4v) is 3.39. The molecule has 1 aromatic heterocycles. The van der Waals surface area contributed by atoms with Gasteiger partial charge in [-0.25, -0.2) is 4.79 Å². The van der Waals surface area contributed by atoms with Crippen molar-refractivity contribution in [3.8, 4) is 0 Å². The van der Waals surface area contributed by atoms with Crippen LogP contribution in [0.2, 0.25) is 5.02 Å². The smallest absolute Gasteiger partial charge is 0.328 e. The molecule has 1 fully saturated rings. The lowest BCUT2D eigenvalue weighted by molar-refractivity contribution is -0.131. The second-order valence-corrected chi connectivity index (χ2v) is 7.05. The number of pyridine rings is 1. The summed E-state index contributed by atoms with van der Waals surface area (Å²) >= 11 is 5.89. The van der Waals surface area contributed by atoms with E-state index in [9.17, 15) is 9.59 Å². The van der Waals surface area contributed by atoms with E-state index >= 15 is 0 Å². The summed E-state index contributed by atoms with van der Waals surface area (Å²) in [6, 6.07) is 10.7. The number of carbonyl (C=O) groups is 2. The molecule has 1 aliphatic heterocycles. The lowest BCUT2D eigenvalue weighted by Gasteiger charge is -2.18. The van der Waals surface area contributed by atoms with Crippen molar-refractivity contribution >= 4 is 35.2 Å². The summed E-state index contributed by atoms with van der Waals surface area (Å²) < 4.78 is 0. The molecule has 0 spiro atoms. The summed E-state index contributed by atoms with van der Waals surface area (Å²) in [7, 11) is 1.99. The van der Waals surface area contributed by atoms with Crippen molar-refractivity contribution in [2.45, 2.75) is 5.92 Å². The first-order valence-corrected chi connectivity index (χ1v) is 8.92. The Labute approximate surface area is 162 Å². The Bertz CT molecular complexity index is 850. The van der Waals surface area contributed by atoms with Crippen molar-refractivity contribution in [2.75, 3.05) is 25.5 Å². The molecule has 2 aromatic rings. The Kier molecular flexibility index (Phi) is 5.88. The number of halogens is 1. The van der Waals surface area contributed by atoms with E-state index in [4.69, 9.17) is 16.7 Å². The Morgan fingerprint density at radius 1 is 1.22 bits per heavy atom. The standard InChI is InChI=1S/C20H20ClN3O3/c1-24-11-17(13-2-5-15(22-10-13)8-9-19(25)26)18(12-24)20(27)23-16-6-3-14(21)4-7-16/h2-10,17-18H,11-12H2,1H3,(H,23,27)(H,25,26). The third-order valence-electron chi connectivity index (χ3n) is 4.59. The van der Waals surface area contributed by atoms with Crippen molar-refractivity contribution in [2.24, 2.45) is 5.92 Å². The molecule has 2 atom stereocenters. The van der Waals surface area contributed by atoms with Gasteiger partial charge in [0.15, 0.2) is 0 Å². The van der Waals surface area contributed by atoms with Crippen molar-refractivity contribution in [3.63, 3.8) is 0 Å². The number of carboxylic acids is 1. The molecule has 0 radical (unpaired) electrons. The van der Waals surface area contributed by atoms with Crippen molar-refractivity contribution in [1.29, 1.82) is 0 Å². The second kappa shape index (κ2) is 8.33. The maximum atomic E-state index is 12.8. The summed E-state index contributed by atoms with van der Waals surface area (Å²) in [5, 5.41) is 12.3. The number of hydrogen-bond acceptors (Lipinski definition) is 4. The van der Waals surface area contributed by atoms with Crippen LogP contribution < -0.4 is 5.32 Å². The van der Waals surface area contributed by atoms with E-state index in [0.717, 1.165) is 18.2 Å². The highest BCUT2D eigenvalue weighted by atomic mass is 35.5. The van der Waals surface area contributed by atoms with Gasteiger partial charge in [0.25, 0.3) is 0 Å². The van der Waals surface area contributed by atoms with E-state index in [1.54, 1.807) is 36.5 Å². The summed E-state index contributed by atoms with van der Waals surface area (Å²) in [6.07, 6.45) is 4.21. The number of likely N-dealkylation sites (N-methyl/N-ethyl adjacent to an activating group) is 1. The first kappa shape index (κ1) is 19.1. The minimum absolute atomic E-state index is 0.0207.